The Labute approximate surface area is 86.8 Å². The van der Waals surface area contributed by atoms with Crippen LogP contribution in [0.5, 0.6) is 0 Å². The molecular weight excluding hydrogens is 178 g/mol. The summed E-state index contributed by atoms with van der Waals surface area (Å²) >= 11 is 0. The first kappa shape index (κ1) is 12.0. The molecule has 0 atom stereocenters. The summed E-state index contributed by atoms with van der Waals surface area (Å²) in [4.78, 5) is 0. The maximum absolute atomic E-state index is 10.1. The number of hydrogen-bond donors (Lipinski definition) is 2. The summed E-state index contributed by atoms with van der Waals surface area (Å²) in [7, 11) is 0. The van der Waals surface area contributed by atoms with Gasteiger partial charge in [-0.1, -0.05) is 19.8 Å². The number of rotatable bonds is 6. The number of hydrogen-bond acceptors (Lipinski definition) is 3. The van der Waals surface area contributed by atoms with Crippen LogP contribution in [0.4, 0.5) is 0 Å². The minimum atomic E-state index is -0.509. The quantitative estimate of drug-likeness (QED) is 0.637. The molecule has 3 nitrogen and oxygen atoms in total. The van der Waals surface area contributed by atoms with Gasteiger partial charge in [0, 0.05) is 32.6 Å². The smallest absolute Gasteiger partial charge is 0.0815 e. The van der Waals surface area contributed by atoms with Crippen molar-refractivity contribution in [2.45, 2.75) is 44.6 Å². The fourth-order valence-electron chi connectivity index (χ4n) is 1.75. The third-order valence-corrected chi connectivity index (χ3v) is 2.83. The van der Waals surface area contributed by atoms with E-state index in [1.807, 2.05) is 0 Å². The molecule has 0 aromatic heterocycles. The summed E-state index contributed by atoms with van der Waals surface area (Å²) in [6.07, 6.45) is 5.28. The summed E-state index contributed by atoms with van der Waals surface area (Å²) in [6.45, 7) is 5.35. The maximum atomic E-state index is 10.1. The Balaban J connectivity index is 2.03. The first-order valence-corrected chi connectivity index (χ1v) is 5.78. The molecule has 1 fully saturated rings. The predicted octanol–water partition coefficient (Wildman–Crippen LogP) is 1.31. The van der Waals surface area contributed by atoms with Crippen molar-refractivity contribution >= 4 is 0 Å². The van der Waals surface area contributed by atoms with Crippen molar-refractivity contribution in [3.8, 4) is 0 Å². The van der Waals surface area contributed by atoms with Crippen LogP contribution in [0.25, 0.3) is 0 Å². The summed E-state index contributed by atoms with van der Waals surface area (Å²) in [5.41, 5.74) is -0.509. The molecule has 14 heavy (non-hydrogen) atoms. The molecule has 0 aliphatic carbocycles. The molecule has 1 rings (SSSR count). The third kappa shape index (κ3) is 4.40. The lowest BCUT2D eigenvalue weighted by molar-refractivity contribution is -0.0614. The van der Waals surface area contributed by atoms with Gasteiger partial charge in [0.15, 0.2) is 0 Å². The lowest BCUT2D eigenvalue weighted by Gasteiger charge is -2.32. The van der Waals surface area contributed by atoms with Crippen molar-refractivity contribution in [2.24, 2.45) is 0 Å². The average molecular weight is 201 g/mol. The molecule has 84 valence electrons. The van der Waals surface area contributed by atoms with Crippen molar-refractivity contribution in [3.63, 3.8) is 0 Å². The molecule has 0 unspecified atom stereocenters. The van der Waals surface area contributed by atoms with Crippen LogP contribution in [0.15, 0.2) is 0 Å². The van der Waals surface area contributed by atoms with Crippen molar-refractivity contribution in [1.29, 1.82) is 0 Å². The molecule has 1 saturated heterocycles. The second-order valence-electron chi connectivity index (χ2n) is 4.22. The Kier molecular flexibility index (Phi) is 5.45. The van der Waals surface area contributed by atoms with Gasteiger partial charge in [-0.15, -0.1) is 0 Å². The first-order valence-electron chi connectivity index (χ1n) is 5.78. The molecule has 3 heteroatoms. The second-order valence-corrected chi connectivity index (χ2v) is 4.22. The lowest BCUT2D eigenvalue weighted by Crippen LogP contribution is -2.45. The number of ether oxygens (including phenoxy) is 1. The van der Waals surface area contributed by atoms with E-state index in [1.54, 1.807) is 0 Å². The van der Waals surface area contributed by atoms with Gasteiger partial charge in [0.25, 0.3) is 0 Å². The van der Waals surface area contributed by atoms with E-state index in [2.05, 4.69) is 12.2 Å². The van der Waals surface area contributed by atoms with Crippen LogP contribution in [0.3, 0.4) is 0 Å². The highest BCUT2D eigenvalue weighted by Crippen LogP contribution is 2.19. The number of nitrogens with one attached hydrogen (secondary N) is 1. The van der Waals surface area contributed by atoms with Gasteiger partial charge in [-0.2, -0.15) is 0 Å². The topological polar surface area (TPSA) is 41.5 Å². The Morgan fingerprint density at radius 1 is 1.29 bits per heavy atom. The van der Waals surface area contributed by atoms with E-state index in [9.17, 15) is 5.11 Å². The minimum absolute atomic E-state index is 0.509. The molecule has 0 saturated carbocycles. The van der Waals surface area contributed by atoms with Crippen LogP contribution in [-0.2, 0) is 4.74 Å². The van der Waals surface area contributed by atoms with E-state index in [0.717, 1.165) is 25.9 Å². The Morgan fingerprint density at radius 2 is 2.00 bits per heavy atom. The zero-order valence-corrected chi connectivity index (χ0v) is 9.22. The van der Waals surface area contributed by atoms with Gasteiger partial charge in [-0.3, -0.25) is 0 Å². The van der Waals surface area contributed by atoms with E-state index in [-0.39, 0.29) is 0 Å². The third-order valence-electron chi connectivity index (χ3n) is 2.83. The molecule has 2 N–H and O–H groups in total. The number of unbranched alkanes of at least 4 members (excludes halogenated alkanes) is 2. The Morgan fingerprint density at radius 3 is 2.64 bits per heavy atom. The van der Waals surface area contributed by atoms with Crippen LogP contribution in [-0.4, -0.2) is 37.0 Å². The van der Waals surface area contributed by atoms with Gasteiger partial charge in [0.2, 0.25) is 0 Å². The van der Waals surface area contributed by atoms with Crippen molar-refractivity contribution in [1.82, 2.24) is 5.32 Å². The normalized spacial score (nSPS) is 21.0. The zero-order chi connectivity index (χ0) is 10.3. The molecule has 0 amide bonds. The Bertz CT molecular complexity index is 144. The predicted molar refractivity (Wildman–Crippen MR) is 57.4 cm³/mol. The van der Waals surface area contributed by atoms with E-state index < -0.39 is 5.60 Å². The highest BCUT2D eigenvalue weighted by Gasteiger charge is 2.28. The van der Waals surface area contributed by atoms with Crippen molar-refractivity contribution in [2.75, 3.05) is 26.3 Å². The van der Waals surface area contributed by atoms with E-state index >= 15 is 0 Å². The SMILES string of the molecule is CCCCCNCC1(O)CCOCC1. The van der Waals surface area contributed by atoms with Gasteiger partial charge >= 0.3 is 0 Å². The van der Waals surface area contributed by atoms with E-state index in [1.165, 1.54) is 19.3 Å². The minimum Gasteiger partial charge on any atom is -0.388 e. The van der Waals surface area contributed by atoms with Crippen LogP contribution in [0.1, 0.15) is 39.0 Å². The van der Waals surface area contributed by atoms with E-state index in [0.29, 0.717) is 13.2 Å². The fraction of sp³-hybridized carbons (Fsp3) is 1.00. The highest BCUT2D eigenvalue weighted by molar-refractivity contribution is 4.83. The molecule has 0 spiro atoms. The molecule has 0 radical (unpaired) electrons. The zero-order valence-electron chi connectivity index (χ0n) is 9.22. The monoisotopic (exact) mass is 201 g/mol. The molecule has 0 aromatic carbocycles. The van der Waals surface area contributed by atoms with Gasteiger partial charge in [-0.25, -0.2) is 0 Å². The second kappa shape index (κ2) is 6.38. The molecule has 1 aliphatic rings. The van der Waals surface area contributed by atoms with Crippen LogP contribution < -0.4 is 5.32 Å². The van der Waals surface area contributed by atoms with Crippen molar-refractivity contribution < 1.29 is 9.84 Å². The van der Waals surface area contributed by atoms with Gasteiger partial charge < -0.3 is 15.2 Å². The fourth-order valence-corrected chi connectivity index (χ4v) is 1.75. The van der Waals surface area contributed by atoms with Gasteiger partial charge in [0.05, 0.1) is 5.60 Å². The lowest BCUT2D eigenvalue weighted by atomic mass is 9.94. The highest BCUT2D eigenvalue weighted by atomic mass is 16.5. The molecule has 1 heterocycles. The summed E-state index contributed by atoms with van der Waals surface area (Å²) in [6, 6.07) is 0. The summed E-state index contributed by atoms with van der Waals surface area (Å²) < 4.78 is 5.22. The first-order chi connectivity index (χ1) is 6.77. The molecule has 1 aliphatic heterocycles. The molecule has 0 aromatic rings. The van der Waals surface area contributed by atoms with Gasteiger partial charge in [0.1, 0.15) is 0 Å². The Hall–Kier alpha value is -0.120. The number of aliphatic hydroxyl groups is 1. The van der Waals surface area contributed by atoms with Crippen LogP contribution in [0.2, 0.25) is 0 Å². The summed E-state index contributed by atoms with van der Waals surface area (Å²) in [5.74, 6) is 0. The molecular formula is C11H23NO2. The van der Waals surface area contributed by atoms with Gasteiger partial charge in [-0.05, 0) is 13.0 Å². The summed E-state index contributed by atoms with van der Waals surface area (Å²) in [5, 5.41) is 13.4. The van der Waals surface area contributed by atoms with Crippen LogP contribution in [0, 0.1) is 0 Å². The van der Waals surface area contributed by atoms with Crippen molar-refractivity contribution in [3.05, 3.63) is 0 Å². The standard InChI is InChI=1S/C11H23NO2/c1-2-3-4-7-12-10-11(13)5-8-14-9-6-11/h12-13H,2-10H2,1H3. The average Bonchev–Trinajstić information content (AvgIpc) is 2.18. The maximum Gasteiger partial charge on any atom is 0.0815 e. The largest absolute Gasteiger partial charge is 0.388 e. The van der Waals surface area contributed by atoms with E-state index in [4.69, 9.17) is 4.74 Å². The van der Waals surface area contributed by atoms with Crippen LogP contribution >= 0.6 is 0 Å². The molecule has 0 bridgehead atoms.